The van der Waals surface area contributed by atoms with Gasteiger partial charge in [-0.2, -0.15) is 0 Å². The Kier molecular flexibility index (Phi) is 3.19. The smallest absolute Gasteiger partial charge is 0.236 e. The summed E-state index contributed by atoms with van der Waals surface area (Å²) in [6.45, 7) is 4.22. The fourth-order valence-corrected chi connectivity index (χ4v) is 2.28. The van der Waals surface area contributed by atoms with Crippen LogP contribution in [0.15, 0.2) is 24.4 Å². The average Bonchev–Trinajstić information content (AvgIpc) is 2.27. The maximum absolute atomic E-state index is 11.1. The number of rotatable bonds is 3. The molecule has 0 fully saturated rings. The summed E-state index contributed by atoms with van der Waals surface area (Å²) in [6, 6.07) is 6.05. The van der Waals surface area contributed by atoms with Gasteiger partial charge in [0.25, 0.3) is 0 Å². The molecule has 1 aromatic carbocycles. The highest BCUT2D eigenvalue weighted by atomic mass is 16.1. The first-order valence-corrected chi connectivity index (χ1v) is 5.85. The van der Waals surface area contributed by atoms with E-state index in [1.807, 2.05) is 50.2 Å². The van der Waals surface area contributed by atoms with Crippen molar-refractivity contribution in [3.05, 3.63) is 35.5 Å². The molecule has 4 heteroatoms. The van der Waals surface area contributed by atoms with Crippen molar-refractivity contribution in [1.82, 2.24) is 4.98 Å². The number of primary amides is 1. The number of carbonyl (C=O) groups excluding carboxylic acids is 1. The van der Waals surface area contributed by atoms with Crippen LogP contribution in [0.1, 0.15) is 11.1 Å². The van der Waals surface area contributed by atoms with E-state index in [9.17, 15) is 4.79 Å². The summed E-state index contributed by atoms with van der Waals surface area (Å²) in [4.78, 5) is 17.4. The Balaban J connectivity index is 2.64. The van der Waals surface area contributed by atoms with Gasteiger partial charge in [0, 0.05) is 18.6 Å². The number of fused-ring (bicyclic) bond motifs is 1. The Bertz CT molecular complexity index is 607. The Morgan fingerprint density at radius 1 is 1.33 bits per heavy atom. The van der Waals surface area contributed by atoms with E-state index in [1.165, 1.54) is 0 Å². The number of hydrogen-bond donors (Lipinski definition) is 1. The summed E-state index contributed by atoms with van der Waals surface area (Å²) in [5.74, 6) is -0.338. The Labute approximate surface area is 106 Å². The van der Waals surface area contributed by atoms with Gasteiger partial charge in [0.15, 0.2) is 0 Å². The van der Waals surface area contributed by atoms with E-state index in [1.54, 1.807) is 0 Å². The normalized spacial score (nSPS) is 10.6. The molecule has 18 heavy (non-hydrogen) atoms. The van der Waals surface area contributed by atoms with Crippen molar-refractivity contribution in [2.75, 3.05) is 18.5 Å². The molecule has 0 saturated carbocycles. The third kappa shape index (κ3) is 2.14. The number of aryl methyl sites for hydroxylation is 2. The van der Waals surface area contributed by atoms with Gasteiger partial charge in [-0.3, -0.25) is 9.78 Å². The fraction of sp³-hybridized carbons (Fsp3) is 0.286. The molecule has 94 valence electrons. The van der Waals surface area contributed by atoms with E-state index in [-0.39, 0.29) is 12.5 Å². The van der Waals surface area contributed by atoms with Crippen LogP contribution in [0.4, 0.5) is 5.69 Å². The zero-order valence-corrected chi connectivity index (χ0v) is 10.9. The SMILES string of the molecule is Cc1cnc2c(C)cccc2c1N(C)CC(N)=O. The number of anilines is 1. The molecule has 1 amide bonds. The molecule has 4 nitrogen and oxygen atoms in total. The van der Waals surface area contributed by atoms with Crippen LogP contribution in [0.3, 0.4) is 0 Å². The number of amides is 1. The van der Waals surface area contributed by atoms with Crippen molar-refractivity contribution in [3.63, 3.8) is 0 Å². The first kappa shape index (κ1) is 12.4. The van der Waals surface area contributed by atoms with Crippen molar-refractivity contribution in [2.24, 2.45) is 5.73 Å². The van der Waals surface area contributed by atoms with Crippen molar-refractivity contribution < 1.29 is 4.79 Å². The van der Waals surface area contributed by atoms with E-state index in [0.29, 0.717) is 0 Å². The lowest BCUT2D eigenvalue weighted by atomic mass is 10.1. The number of likely N-dealkylation sites (N-methyl/N-ethyl adjacent to an activating group) is 1. The second-order valence-electron chi connectivity index (χ2n) is 4.58. The van der Waals surface area contributed by atoms with Gasteiger partial charge in [0.1, 0.15) is 0 Å². The minimum Gasteiger partial charge on any atom is -0.368 e. The standard InChI is InChI=1S/C14H17N3O/c1-9-5-4-6-11-13(9)16-7-10(2)14(11)17(3)8-12(15)18/h4-7H,8H2,1-3H3,(H2,15,18). The van der Waals surface area contributed by atoms with E-state index in [4.69, 9.17) is 5.73 Å². The van der Waals surface area contributed by atoms with E-state index in [2.05, 4.69) is 4.98 Å². The van der Waals surface area contributed by atoms with Gasteiger partial charge in [-0.05, 0) is 25.0 Å². The quantitative estimate of drug-likeness (QED) is 0.893. The second kappa shape index (κ2) is 4.64. The molecule has 2 N–H and O–H groups in total. The fourth-order valence-electron chi connectivity index (χ4n) is 2.28. The van der Waals surface area contributed by atoms with Crippen molar-refractivity contribution in [3.8, 4) is 0 Å². The molecule has 0 atom stereocenters. The molecule has 0 saturated heterocycles. The molecule has 0 spiro atoms. The van der Waals surface area contributed by atoms with Crippen molar-refractivity contribution >= 4 is 22.5 Å². The summed E-state index contributed by atoms with van der Waals surface area (Å²) < 4.78 is 0. The van der Waals surface area contributed by atoms with E-state index in [0.717, 1.165) is 27.7 Å². The minimum atomic E-state index is -0.338. The number of hydrogen-bond acceptors (Lipinski definition) is 3. The predicted molar refractivity (Wildman–Crippen MR) is 73.7 cm³/mol. The molecular formula is C14H17N3O. The molecule has 2 rings (SSSR count). The van der Waals surface area contributed by atoms with Crippen molar-refractivity contribution in [2.45, 2.75) is 13.8 Å². The molecule has 0 bridgehead atoms. The average molecular weight is 243 g/mol. The summed E-state index contributed by atoms with van der Waals surface area (Å²) in [5, 5.41) is 1.05. The van der Waals surface area contributed by atoms with Gasteiger partial charge in [0.2, 0.25) is 5.91 Å². The van der Waals surface area contributed by atoms with Crippen LogP contribution in [0.2, 0.25) is 0 Å². The van der Waals surface area contributed by atoms with Gasteiger partial charge in [-0.25, -0.2) is 0 Å². The van der Waals surface area contributed by atoms with Gasteiger partial charge in [-0.1, -0.05) is 18.2 Å². The van der Waals surface area contributed by atoms with Crippen LogP contribution in [0.25, 0.3) is 10.9 Å². The third-order valence-corrected chi connectivity index (χ3v) is 3.03. The Morgan fingerprint density at radius 2 is 2.06 bits per heavy atom. The highest BCUT2D eigenvalue weighted by Crippen LogP contribution is 2.29. The molecule has 1 heterocycles. The topological polar surface area (TPSA) is 59.2 Å². The highest BCUT2D eigenvalue weighted by molar-refractivity contribution is 5.96. The molecule has 0 unspecified atom stereocenters. The molecule has 0 radical (unpaired) electrons. The second-order valence-corrected chi connectivity index (χ2v) is 4.58. The molecule has 0 aliphatic heterocycles. The number of nitrogens with zero attached hydrogens (tertiary/aromatic N) is 2. The summed E-state index contributed by atoms with van der Waals surface area (Å²) in [7, 11) is 1.87. The number of carbonyl (C=O) groups is 1. The van der Waals surface area contributed by atoms with Crippen LogP contribution in [0, 0.1) is 13.8 Å². The van der Waals surface area contributed by atoms with E-state index >= 15 is 0 Å². The molecule has 0 aliphatic carbocycles. The maximum atomic E-state index is 11.1. The number of pyridine rings is 1. The largest absolute Gasteiger partial charge is 0.368 e. The zero-order chi connectivity index (χ0) is 13.3. The van der Waals surface area contributed by atoms with Crippen molar-refractivity contribution in [1.29, 1.82) is 0 Å². The maximum Gasteiger partial charge on any atom is 0.236 e. The molecular weight excluding hydrogens is 226 g/mol. The molecule has 2 aromatic rings. The van der Waals surface area contributed by atoms with Gasteiger partial charge in [-0.15, -0.1) is 0 Å². The lowest BCUT2D eigenvalue weighted by Crippen LogP contribution is -2.31. The summed E-state index contributed by atoms with van der Waals surface area (Å²) >= 11 is 0. The minimum absolute atomic E-state index is 0.202. The third-order valence-electron chi connectivity index (χ3n) is 3.03. The Morgan fingerprint density at radius 3 is 2.72 bits per heavy atom. The van der Waals surface area contributed by atoms with Crippen LogP contribution < -0.4 is 10.6 Å². The lowest BCUT2D eigenvalue weighted by Gasteiger charge is -2.22. The zero-order valence-electron chi connectivity index (χ0n) is 10.9. The van der Waals surface area contributed by atoms with Crippen LogP contribution in [0.5, 0.6) is 0 Å². The molecule has 1 aromatic heterocycles. The highest BCUT2D eigenvalue weighted by Gasteiger charge is 2.12. The van der Waals surface area contributed by atoms with Crippen LogP contribution >= 0.6 is 0 Å². The molecule has 0 aliphatic rings. The number of aromatic nitrogens is 1. The first-order valence-electron chi connectivity index (χ1n) is 5.85. The van der Waals surface area contributed by atoms with Crippen LogP contribution in [-0.4, -0.2) is 24.5 Å². The van der Waals surface area contributed by atoms with Gasteiger partial charge >= 0.3 is 0 Å². The lowest BCUT2D eigenvalue weighted by molar-refractivity contribution is -0.116. The predicted octanol–water partition coefficient (Wildman–Crippen LogP) is 1.77. The van der Waals surface area contributed by atoms with Crippen LogP contribution in [-0.2, 0) is 4.79 Å². The van der Waals surface area contributed by atoms with Gasteiger partial charge in [0.05, 0.1) is 17.7 Å². The number of nitrogens with two attached hydrogens (primary N) is 1. The number of para-hydroxylation sites is 1. The summed E-state index contributed by atoms with van der Waals surface area (Å²) in [5.41, 5.74) is 9.41. The number of benzene rings is 1. The Hall–Kier alpha value is -2.10. The monoisotopic (exact) mass is 243 g/mol. The first-order chi connectivity index (χ1) is 8.50. The summed E-state index contributed by atoms with van der Waals surface area (Å²) in [6.07, 6.45) is 1.84. The van der Waals surface area contributed by atoms with E-state index < -0.39 is 0 Å². The van der Waals surface area contributed by atoms with Gasteiger partial charge < -0.3 is 10.6 Å².